The number of halogens is 2. The Bertz CT molecular complexity index is 1920. The summed E-state index contributed by atoms with van der Waals surface area (Å²) in [6.07, 6.45) is 3.91. The number of aromatic nitrogens is 3. The van der Waals surface area contributed by atoms with E-state index in [4.69, 9.17) is 4.74 Å². The maximum absolute atomic E-state index is 13.6. The van der Waals surface area contributed by atoms with Gasteiger partial charge in [-0.25, -0.2) is 27.9 Å². The van der Waals surface area contributed by atoms with Crippen molar-refractivity contribution in [3.05, 3.63) is 99.0 Å². The average Bonchev–Trinajstić information content (AvgIpc) is 3.83. The lowest BCUT2D eigenvalue weighted by atomic mass is 9.97. The molecule has 1 aliphatic carbocycles. The molecule has 0 bridgehead atoms. The third-order valence-corrected chi connectivity index (χ3v) is 8.12. The molecule has 14 heteroatoms. The van der Waals surface area contributed by atoms with E-state index in [1.54, 1.807) is 32.9 Å². The summed E-state index contributed by atoms with van der Waals surface area (Å²) in [6, 6.07) is 8.48. The van der Waals surface area contributed by atoms with Crippen molar-refractivity contribution in [2.24, 2.45) is 0 Å². The molecule has 4 N–H and O–H groups in total. The van der Waals surface area contributed by atoms with Gasteiger partial charge in [-0.2, -0.15) is 5.10 Å². The molecule has 0 spiro atoms. The lowest BCUT2D eigenvalue weighted by molar-refractivity contribution is 0.00681. The number of benzene rings is 2. The first-order valence-corrected chi connectivity index (χ1v) is 16.0. The number of hydrogen-bond donors (Lipinski definition) is 4. The van der Waals surface area contributed by atoms with E-state index in [2.05, 4.69) is 26.0 Å². The van der Waals surface area contributed by atoms with Gasteiger partial charge in [0.2, 0.25) is 0 Å². The number of ether oxygens (including phenoxy) is 1. The molecule has 2 aromatic carbocycles. The van der Waals surface area contributed by atoms with Crippen LogP contribution in [0.15, 0.2) is 42.5 Å². The van der Waals surface area contributed by atoms with Gasteiger partial charge in [-0.05, 0) is 107 Å². The number of esters is 1. The molecular formula is C35H38F2N6O6. The number of carboxylic acids is 1. The summed E-state index contributed by atoms with van der Waals surface area (Å²) < 4.78 is 33.4. The Labute approximate surface area is 281 Å². The van der Waals surface area contributed by atoms with Crippen molar-refractivity contribution in [1.29, 1.82) is 0 Å². The highest BCUT2D eigenvalue weighted by atomic mass is 19.2. The highest BCUT2D eigenvalue weighted by Gasteiger charge is 2.30. The Balaban J connectivity index is 0.000000858. The fourth-order valence-corrected chi connectivity index (χ4v) is 5.72. The molecule has 2 aliphatic rings. The van der Waals surface area contributed by atoms with E-state index < -0.39 is 47.0 Å². The van der Waals surface area contributed by atoms with Crippen LogP contribution in [0.1, 0.15) is 110 Å². The highest BCUT2D eigenvalue weighted by molar-refractivity contribution is 5.99. The van der Waals surface area contributed by atoms with Gasteiger partial charge in [0.15, 0.2) is 23.0 Å². The summed E-state index contributed by atoms with van der Waals surface area (Å²) in [5, 5.41) is 22.1. The standard InChI is InChI=1S/C31H29F2N5O6.C4H9N/c1-15-17-8-10-22(19(17)7-6-18(15)30(43)44-31(2,3)4)36-28(40)25-12-23(35-26-13-24(29(41)42)37-38(25)26)27(39)34-14-16-5-9-20(32)21(33)11-16;1-2-4-5-3-1/h5-7,9,11-13,22H,8,10,14H2,1-4H3,(H,34,39)(H,36,40)(H,41,42);5H,1-4H2/t22-;/m0./s1. The summed E-state index contributed by atoms with van der Waals surface area (Å²) in [6.45, 7) is 9.53. The van der Waals surface area contributed by atoms with Crippen molar-refractivity contribution in [3.8, 4) is 0 Å². The van der Waals surface area contributed by atoms with E-state index in [0.29, 0.717) is 24.0 Å². The van der Waals surface area contributed by atoms with Crippen LogP contribution in [0.5, 0.6) is 0 Å². The fraction of sp³-hybridized carbons (Fsp3) is 0.371. The number of carbonyl (C=O) groups is 4. The second kappa shape index (κ2) is 14.5. The van der Waals surface area contributed by atoms with E-state index in [9.17, 15) is 33.1 Å². The molecule has 2 amide bonds. The van der Waals surface area contributed by atoms with Crippen LogP contribution < -0.4 is 16.0 Å². The molecule has 1 saturated heterocycles. The van der Waals surface area contributed by atoms with E-state index >= 15 is 0 Å². The topological polar surface area (TPSA) is 164 Å². The highest BCUT2D eigenvalue weighted by Crippen LogP contribution is 2.35. The molecule has 258 valence electrons. The van der Waals surface area contributed by atoms with Gasteiger partial charge < -0.3 is 25.8 Å². The number of nitrogens with one attached hydrogen (secondary N) is 3. The summed E-state index contributed by atoms with van der Waals surface area (Å²) >= 11 is 0. The van der Waals surface area contributed by atoms with Gasteiger partial charge >= 0.3 is 11.9 Å². The molecule has 12 nitrogen and oxygen atoms in total. The lowest BCUT2D eigenvalue weighted by Crippen LogP contribution is -2.31. The summed E-state index contributed by atoms with van der Waals surface area (Å²) in [7, 11) is 0. The lowest BCUT2D eigenvalue weighted by Gasteiger charge is -2.21. The normalized spacial score (nSPS) is 15.3. The van der Waals surface area contributed by atoms with Gasteiger partial charge in [-0.1, -0.05) is 12.1 Å². The van der Waals surface area contributed by atoms with Crippen LogP contribution >= 0.6 is 0 Å². The van der Waals surface area contributed by atoms with E-state index in [1.165, 1.54) is 38.1 Å². The molecule has 49 heavy (non-hydrogen) atoms. The maximum atomic E-state index is 13.6. The first-order valence-electron chi connectivity index (χ1n) is 16.0. The molecule has 2 aromatic heterocycles. The van der Waals surface area contributed by atoms with Crippen LogP contribution in [0, 0.1) is 18.6 Å². The number of hydrogen-bond acceptors (Lipinski definition) is 8. The number of fused-ring (bicyclic) bond motifs is 2. The molecule has 3 heterocycles. The number of nitrogens with zero attached hydrogens (tertiary/aromatic N) is 3. The summed E-state index contributed by atoms with van der Waals surface area (Å²) in [5.74, 6) is -5.26. The Hall–Kier alpha value is -5.24. The van der Waals surface area contributed by atoms with Crippen LogP contribution in [0.4, 0.5) is 8.78 Å². The first kappa shape index (κ1) is 35.1. The van der Waals surface area contributed by atoms with Crippen molar-refractivity contribution < 1.29 is 37.8 Å². The zero-order chi connectivity index (χ0) is 35.5. The maximum Gasteiger partial charge on any atom is 0.356 e. The predicted octanol–water partition coefficient (Wildman–Crippen LogP) is 4.69. The van der Waals surface area contributed by atoms with E-state index in [1.807, 2.05) is 6.92 Å². The smallest absolute Gasteiger partial charge is 0.356 e. The van der Waals surface area contributed by atoms with Crippen molar-refractivity contribution in [1.82, 2.24) is 30.5 Å². The quantitative estimate of drug-likeness (QED) is 0.204. The number of carboxylic acid groups (broad SMARTS) is 1. The SMILES string of the molecule is C1CCNC1.Cc1c(C(=O)OC(C)(C)C)ccc2c1CC[C@@H]2NC(=O)c1cc(C(=O)NCc2ccc(F)c(F)c2)nc2cc(C(=O)O)nn12. The summed E-state index contributed by atoms with van der Waals surface area (Å²) in [5.41, 5.74) is 1.78. The molecule has 1 aliphatic heterocycles. The van der Waals surface area contributed by atoms with Crippen LogP contribution in [0.25, 0.3) is 5.65 Å². The second-order valence-corrected chi connectivity index (χ2v) is 12.9. The first-order chi connectivity index (χ1) is 23.2. The van der Waals surface area contributed by atoms with Crippen molar-refractivity contribution in [3.63, 3.8) is 0 Å². The van der Waals surface area contributed by atoms with Crippen LogP contribution in [-0.2, 0) is 17.7 Å². The second-order valence-electron chi connectivity index (χ2n) is 12.9. The van der Waals surface area contributed by atoms with Crippen molar-refractivity contribution in [2.45, 2.75) is 71.6 Å². The zero-order valence-electron chi connectivity index (χ0n) is 27.7. The van der Waals surface area contributed by atoms with Gasteiger partial charge in [0.25, 0.3) is 11.8 Å². The molecule has 6 rings (SSSR count). The van der Waals surface area contributed by atoms with Gasteiger partial charge in [0.1, 0.15) is 17.0 Å². The fourth-order valence-electron chi connectivity index (χ4n) is 5.72. The van der Waals surface area contributed by atoms with Gasteiger partial charge in [0, 0.05) is 18.7 Å². The molecule has 0 unspecified atom stereocenters. The minimum Gasteiger partial charge on any atom is -0.476 e. The number of rotatable bonds is 7. The molecule has 1 atom stereocenters. The van der Waals surface area contributed by atoms with Crippen molar-refractivity contribution in [2.75, 3.05) is 13.1 Å². The van der Waals surface area contributed by atoms with Gasteiger partial charge in [-0.3, -0.25) is 9.59 Å². The molecule has 4 aromatic rings. The minimum atomic E-state index is -1.35. The van der Waals surface area contributed by atoms with E-state index in [0.717, 1.165) is 39.4 Å². The Morgan fingerprint density at radius 1 is 1.00 bits per heavy atom. The number of carbonyl (C=O) groups excluding carboxylic acids is 3. The monoisotopic (exact) mass is 676 g/mol. The third kappa shape index (κ3) is 8.26. The molecule has 0 radical (unpaired) electrons. The zero-order valence-corrected chi connectivity index (χ0v) is 27.7. The predicted molar refractivity (Wildman–Crippen MR) is 174 cm³/mol. The molecular weight excluding hydrogens is 638 g/mol. The van der Waals surface area contributed by atoms with Crippen molar-refractivity contribution >= 4 is 29.4 Å². The molecule has 0 saturated carbocycles. The Kier molecular flexibility index (Phi) is 10.4. The Morgan fingerprint density at radius 2 is 1.73 bits per heavy atom. The number of aromatic carboxylic acids is 1. The Morgan fingerprint density at radius 3 is 2.37 bits per heavy atom. The van der Waals surface area contributed by atoms with Crippen LogP contribution in [0.3, 0.4) is 0 Å². The van der Waals surface area contributed by atoms with Crippen LogP contribution in [0.2, 0.25) is 0 Å². The largest absolute Gasteiger partial charge is 0.476 e. The number of amides is 2. The van der Waals surface area contributed by atoms with Crippen LogP contribution in [-0.4, -0.2) is 62.1 Å². The van der Waals surface area contributed by atoms with E-state index in [-0.39, 0.29) is 29.3 Å². The molecule has 1 fully saturated rings. The minimum absolute atomic E-state index is 0.0577. The van der Waals surface area contributed by atoms with Gasteiger partial charge in [0.05, 0.1) is 11.6 Å². The van der Waals surface area contributed by atoms with Gasteiger partial charge in [-0.15, -0.1) is 0 Å². The summed E-state index contributed by atoms with van der Waals surface area (Å²) in [4.78, 5) is 55.1. The average molecular weight is 677 g/mol. The third-order valence-electron chi connectivity index (χ3n) is 8.12.